The molecular weight excluding hydrogens is 264 g/mol. The molecule has 0 aliphatic rings. The third-order valence-corrected chi connectivity index (χ3v) is 3.15. The fourth-order valence-corrected chi connectivity index (χ4v) is 2.05. The van der Waals surface area contributed by atoms with Crippen LogP contribution in [0.4, 0.5) is 0 Å². The molecule has 0 amide bonds. The summed E-state index contributed by atoms with van der Waals surface area (Å²) in [7, 11) is 1.67. The first-order valence-electron chi connectivity index (χ1n) is 7.16. The molecule has 4 nitrogen and oxygen atoms in total. The summed E-state index contributed by atoms with van der Waals surface area (Å²) in [5.41, 5.74) is 3.02. The van der Waals surface area contributed by atoms with Gasteiger partial charge in [-0.2, -0.15) is 0 Å². The average Bonchev–Trinajstić information content (AvgIpc) is 2.51. The number of benzene rings is 1. The first-order chi connectivity index (χ1) is 10.2. The number of aryl methyl sites for hydroxylation is 1. The Bertz CT molecular complexity index is 585. The van der Waals surface area contributed by atoms with Crippen LogP contribution in [0.1, 0.15) is 23.9 Å². The minimum absolute atomic E-state index is 0.465. The van der Waals surface area contributed by atoms with Crippen LogP contribution >= 0.6 is 0 Å². The van der Waals surface area contributed by atoms with E-state index in [-0.39, 0.29) is 0 Å². The van der Waals surface area contributed by atoms with Gasteiger partial charge in [-0.3, -0.25) is 4.98 Å². The predicted octanol–water partition coefficient (Wildman–Crippen LogP) is 3.09. The Kier molecular flexibility index (Phi) is 5.58. The molecule has 0 saturated heterocycles. The third-order valence-electron chi connectivity index (χ3n) is 3.15. The maximum Gasteiger partial charge on any atom is 0.130 e. The lowest BCUT2D eigenvalue weighted by Crippen LogP contribution is -2.13. The smallest absolute Gasteiger partial charge is 0.130 e. The Morgan fingerprint density at radius 2 is 2.05 bits per heavy atom. The third kappa shape index (κ3) is 4.46. The fraction of sp³-hybridized carbons (Fsp3) is 0.353. The monoisotopic (exact) mass is 286 g/mol. The zero-order valence-electron chi connectivity index (χ0n) is 12.8. The van der Waals surface area contributed by atoms with Gasteiger partial charge in [-0.05, 0) is 43.8 Å². The van der Waals surface area contributed by atoms with E-state index >= 15 is 0 Å². The zero-order valence-corrected chi connectivity index (χ0v) is 12.8. The van der Waals surface area contributed by atoms with Crippen molar-refractivity contribution in [1.82, 2.24) is 10.3 Å². The van der Waals surface area contributed by atoms with Gasteiger partial charge >= 0.3 is 0 Å². The molecule has 2 rings (SSSR count). The number of pyridine rings is 1. The van der Waals surface area contributed by atoms with Crippen molar-refractivity contribution in [3.05, 3.63) is 53.3 Å². The van der Waals surface area contributed by atoms with Crippen molar-refractivity contribution in [1.29, 1.82) is 0 Å². The number of ether oxygens (including phenoxy) is 2. The van der Waals surface area contributed by atoms with Crippen LogP contribution in [0.5, 0.6) is 11.5 Å². The van der Waals surface area contributed by atoms with Gasteiger partial charge < -0.3 is 14.8 Å². The van der Waals surface area contributed by atoms with Crippen molar-refractivity contribution in [2.24, 2.45) is 0 Å². The summed E-state index contributed by atoms with van der Waals surface area (Å²) in [6.45, 7) is 6.19. The molecule has 1 N–H and O–H groups in total. The molecule has 0 radical (unpaired) electrons. The maximum atomic E-state index is 5.92. The second-order valence-corrected chi connectivity index (χ2v) is 4.81. The molecule has 0 unspecified atom stereocenters. The molecule has 4 heteroatoms. The van der Waals surface area contributed by atoms with Crippen LogP contribution in [0.2, 0.25) is 0 Å². The molecule has 1 aromatic carbocycles. The highest BCUT2D eigenvalue weighted by atomic mass is 16.5. The van der Waals surface area contributed by atoms with Crippen LogP contribution in [0.25, 0.3) is 0 Å². The van der Waals surface area contributed by atoms with Crippen molar-refractivity contribution in [2.45, 2.75) is 27.0 Å². The molecule has 0 aliphatic carbocycles. The van der Waals surface area contributed by atoms with Gasteiger partial charge in [-0.1, -0.05) is 13.0 Å². The van der Waals surface area contributed by atoms with Crippen LogP contribution in [-0.4, -0.2) is 18.6 Å². The molecular formula is C17H22N2O2. The largest absolute Gasteiger partial charge is 0.497 e. The summed E-state index contributed by atoms with van der Waals surface area (Å²) >= 11 is 0. The standard InChI is InChI=1S/C17H22N2O2/c1-4-18-11-14-10-16(20-3)8-9-17(14)21-12-15-7-5-6-13(2)19-15/h5-10,18H,4,11-12H2,1-3H3. The van der Waals surface area contributed by atoms with Crippen molar-refractivity contribution in [3.63, 3.8) is 0 Å². The van der Waals surface area contributed by atoms with Crippen LogP contribution in [-0.2, 0) is 13.2 Å². The lowest BCUT2D eigenvalue weighted by atomic mass is 10.2. The molecule has 0 atom stereocenters. The van der Waals surface area contributed by atoms with Crippen LogP contribution < -0.4 is 14.8 Å². The summed E-state index contributed by atoms with van der Waals surface area (Å²) in [5, 5.41) is 3.31. The number of nitrogens with one attached hydrogen (secondary N) is 1. The van der Waals surface area contributed by atoms with Crippen LogP contribution in [0.3, 0.4) is 0 Å². The minimum atomic E-state index is 0.465. The van der Waals surface area contributed by atoms with Crippen molar-refractivity contribution >= 4 is 0 Å². The van der Waals surface area contributed by atoms with E-state index in [4.69, 9.17) is 9.47 Å². The molecule has 1 heterocycles. The summed E-state index contributed by atoms with van der Waals surface area (Å²) in [4.78, 5) is 4.45. The second kappa shape index (κ2) is 7.64. The Labute approximate surface area is 126 Å². The number of rotatable bonds is 7. The van der Waals surface area contributed by atoms with E-state index in [1.807, 2.05) is 43.3 Å². The van der Waals surface area contributed by atoms with Gasteiger partial charge in [0.1, 0.15) is 18.1 Å². The Hall–Kier alpha value is -2.07. The molecule has 2 aromatic rings. The number of aromatic nitrogens is 1. The summed E-state index contributed by atoms with van der Waals surface area (Å²) in [6.07, 6.45) is 0. The quantitative estimate of drug-likeness (QED) is 0.849. The van der Waals surface area contributed by atoms with E-state index in [1.165, 1.54) is 0 Å². The van der Waals surface area contributed by atoms with E-state index in [9.17, 15) is 0 Å². The topological polar surface area (TPSA) is 43.4 Å². The van der Waals surface area contributed by atoms with Gasteiger partial charge in [-0.15, -0.1) is 0 Å². The molecule has 1 aromatic heterocycles. The fourth-order valence-electron chi connectivity index (χ4n) is 2.05. The zero-order chi connectivity index (χ0) is 15.1. The number of nitrogens with zero attached hydrogens (tertiary/aromatic N) is 1. The van der Waals surface area contributed by atoms with Crippen LogP contribution in [0.15, 0.2) is 36.4 Å². The molecule has 0 saturated carbocycles. The summed E-state index contributed by atoms with van der Waals surface area (Å²) in [5.74, 6) is 1.70. The van der Waals surface area contributed by atoms with Crippen molar-refractivity contribution < 1.29 is 9.47 Å². The Morgan fingerprint density at radius 3 is 2.76 bits per heavy atom. The summed E-state index contributed by atoms with van der Waals surface area (Å²) < 4.78 is 11.2. The normalized spacial score (nSPS) is 10.4. The van der Waals surface area contributed by atoms with Gasteiger partial charge in [0.15, 0.2) is 0 Å². The molecule has 21 heavy (non-hydrogen) atoms. The van der Waals surface area contributed by atoms with E-state index in [0.29, 0.717) is 6.61 Å². The van der Waals surface area contributed by atoms with Crippen molar-refractivity contribution in [2.75, 3.05) is 13.7 Å². The number of hydrogen-bond acceptors (Lipinski definition) is 4. The first-order valence-corrected chi connectivity index (χ1v) is 7.16. The lowest BCUT2D eigenvalue weighted by molar-refractivity contribution is 0.296. The highest BCUT2D eigenvalue weighted by molar-refractivity contribution is 5.40. The summed E-state index contributed by atoms with van der Waals surface area (Å²) in [6, 6.07) is 11.8. The van der Waals surface area contributed by atoms with Gasteiger partial charge in [0.05, 0.1) is 12.8 Å². The van der Waals surface area contributed by atoms with E-state index < -0.39 is 0 Å². The Balaban J connectivity index is 2.10. The molecule has 0 bridgehead atoms. The van der Waals surface area contributed by atoms with Gasteiger partial charge in [0, 0.05) is 17.8 Å². The SMILES string of the molecule is CCNCc1cc(OC)ccc1OCc1cccc(C)n1. The molecule has 0 fully saturated rings. The molecule has 0 aliphatic heterocycles. The molecule has 0 spiro atoms. The predicted molar refractivity (Wildman–Crippen MR) is 83.7 cm³/mol. The van der Waals surface area contributed by atoms with E-state index in [2.05, 4.69) is 17.2 Å². The molecule has 112 valence electrons. The van der Waals surface area contributed by atoms with Gasteiger partial charge in [0.2, 0.25) is 0 Å². The first kappa shape index (κ1) is 15.3. The van der Waals surface area contributed by atoms with Gasteiger partial charge in [0.25, 0.3) is 0 Å². The maximum absolute atomic E-state index is 5.92. The average molecular weight is 286 g/mol. The van der Waals surface area contributed by atoms with Gasteiger partial charge in [-0.25, -0.2) is 0 Å². The highest BCUT2D eigenvalue weighted by Crippen LogP contribution is 2.24. The lowest BCUT2D eigenvalue weighted by Gasteiger charge is -2.13. The number of hydrogen-bond donors (Lipinski definition) is 1. The van der Waals surface area contributed by atoms with Crippen LogP contribution in [0, 0.1) is 6.92 Å². The second-order valence-electron chi connectivity index (χ2n) is 4.81. The van der Waals surface area contributed by atoms with E-state index in [1.54, 1.807) is 7.11 Å². The van der Waals surface area contributed by atoms with E-state index in [0.717, 1.165) is 41.5 Å². The minimum Gasteiger partial charge on any atom is -0.497 e. The Morgan fingerprint density at radius 1 is 1.19 bits per heavy atom. The highest BCUT2D eigenvalue weighted by Gasteiger charge is 2.06. The van der Waals surface area contributed by atoms with Crippen molar-refractivity contribution in [3.8, 4) is 11.5 Å². The number of methoxy groups -OCH3 is 1.